The minimum absolute atomic E-state index is 0.124. The van der Waals surface area contributed by atoms with E-state index in [2.05, 4.69) is 17.2 Å². The van der Waals surface area contributed by atoms with Crippen molar-refractivity contribution in [3.05, 3.63) is 66.2 Å². The van der Waals surface area contributed by atoms with Gasteiger partial charge in [-0.15, -0.1) is 0 Å². The van der Waals surface area contributed by atoms with Crippen molar-refractivity contribution in [3.8, 4) is 5.75 Å². The summed E-state index contributed by atoms with van der Waals surface area (Å²) in [5.74, 6) is 0.943. The fraction of sp³-hybridized carbons (Fsp3) is 0.467. The van der Waals surface area contributed by atoms with Crippen LogP contribution in [-0.2, 0) is 16.0 Å². The molecule has 0 radical (unpaired) electrons. The van der Waals surface area contributed by atoms with Crippen LogP contribution in [0, 0.1) is 0 Å². The number of ether oxygens (including phenoxy) is 1. The second-order valence-electron chi connectivity index (χ2n) is 9.84. The minimum Gasteiger partial charge on any atom is -0.494 e. The summed E-state index contributed by atoms with van der Waals surface area (Å²) in [5.41, 5.74) is 3.38. The molecule has 1 heterocycles. The number of carbonyl (C=O) groups is 2. The van der Waals surface area contributed by atoms with Gasteiger partial charge >= 0.3 is 0 Å². The molecule has 1 saturated heterocycles. The van der Waals surface area contributed by atoms with Crippen molar-refractivity contribution >= 4 is 23.1 Å². The molecule has 2 aliphatic rings. The lowest BCUT2D eigenvalue weighted by atomic mass is 9.95. The first-order valence-corrected chi connectivity index (χ1v) is 13.4. The molecule has 6 nitrogen and oxygen atoms in total. The number of amides is 1. The molecular formula is C30H39N3O3. The molecule has 1 aliphatic heterocycles. The topological polar surface area (TPSA) is 70.7 Å². The highest BCUT2D eigenvalue weighted by Crippen LogP contribution is 2.30. The van der Waals surface area contributed by atoms with Crippen molar-refractivity contribution in [3.63, 3.8) is 0 Å². The fourth-order valence-electron chi connectivity index (χ4n) is 5.15. The van der Waals surface area contributed by atoms with E-state index in [1.165, 1.54) is 19.3 Å². The van der Waals surface area contributed by atoms with Crippen LogP contribution in [0.1, 0.15) is 63.0 Å². The number of benzene rings is 2. The lowest BCUT2D eigenvalue weighted by molar-refractivity contribution is -0.120. The van der Waals surface area contributed by atoms with E-state index in [-0.39, 0.29) is 11.7 Å². The second kappa shape index (κ2) is 12.7. The van der Waals surface area contributed by atoms with Gasteiger partial charge in [0.15, 0.2) is 5.78 Å². The highest BCUT2D eigenvalue weighted by Gasteiger charge is 2.25. The van der Waals surface area contributed by atoms with Gasteiger partial charge in [0.1, 0.15) is 5.75 Å². The van der Waals surface area contributed by atoms with Crippen LogP contribution >= 0.6 is 0 Å². The summed E-state index contributed by atoms with van der Waals surface area (Å²) in [5, 5.41) is 6.92. The number of ketones is 1. The maximum Gasteiger partial charge on any atom is 0.227 e. The Kier molecular flexibility index (Phi) is 9.17. The van der Waals surface area contributed by atoms with Gasteiger partial charge < -0.3 is 20.3 Å². The molecule has 2 aromatic rings. The molecule has 0 bridgehead atoms. The summed E-state index contributed by atoms with van der Waals surface area (Å²) in [6.45, 7) is 7.80. The molecule has 0 unspecified atom stereocenters. The molecule has 2 N–H and O–H groups in total. The van der Waals surface area contributed by atoms with E-state index in [0.717, 1.165) is 36.1 Å². The van der Waals surface area contributed by atoms with Crippen LogP contribution in [0.5, 0.6) is 5.75 Å². The second-order valence-corrected chi connectivity index (χ2v) is 9.84. The van der Waals surface area contributed by atoms with Gasteiger partial charge in [0.2, 0.25) is 5.91 Å². The summed E-state index contributed by atoms with van der Waals surface area (Å²) in [6, 6.07) is 15.9. The number of anilines is 1. The highest BCUT2D eigenvalue weighted by molar-refractivity contribution is 5.96. The molecule has 1 atom stereocenters. The van der Waals surface area contributed by atoms with E-state index < -0.39 is 6.04 Å². The van der Waals surface area contributed by atoms with Gasteiger partial charge in [0.25, 0.3) is 0 Å². The minimum atomic E-state index is -0.413. The summed E-state index contributed by atoms with van der Waals surface area (Å²) in [7, 11) is 0. The first kappa shape index (κ1) is 26.0. The highest BCUT2D eigenvalue weighted by atomic mass is 16.5. The maximum atomic E-state index is 13.4. The molecule has 2 aromatic carbocycles. The molecule has 0 aromatic heterocycles. The molecule has 4 rings (SSSR count). The first-order chi connectivity index (χ1) is 17.5. The van der Waals surface area contributed by atoms with Crippen molar-refractivity contribution in [1.29, 1.82) is 0 Å². The van der Waals surface area contributed by atoms with Crippen LogP contribution in [0.4, 0.5) is 5.69 Å². The summed E-state index contributed by atoms with van der Waals surface area (Å²) < 4.78 is 5.80. The lowest BCUT2D eigenvalue weighted by Gasteiger charge is -2.25. The monoisotopic (exact) mass is 489 g/mol. The third-order valence-electron chi connectivity index (χ3n) is 7.13. The number of hydrogen-bond acceptors (Lipinski definition) is 5. The zero-order valence-corrected chi connectivity index (χ0v) is 21.4. The van der Waals surface area contributed by atoms with E-state index in [4.69, 9.17) is 4.74 Å². The van der Waals surface area contributed by atoms with Crippen LogP contribution < -0.4 is 20.3 Å². The van der Waals surface area contributed by atoms with E-state index in [1.54, 1.807) is 4.90 Å². The number of carbonyl (C=O) groups excluding carboxylic acids is 2. The van der Waals surface area contributed by atoms with E-state index in [9.17, 15) is 9.59 Å². The van der Waals surface area contributed by atoms with Crippen LogP contribution in [0.25, 0.3) is 5.70 Å². The van der Waals surface area contributed by atoms with Crippen LogP contribution in [-0.4, -0.2) is 43.5 Å². The number of rotatable bonds is 12. The average Bonchev–Trinajstić information content (AvgIpc) is 3.34. The predicted octanol–water partition coefficient (Wildman–Crippen LogP) is 4.88. The van der Waals surface area contributed by atoms with Crippen molar-refractivity contribution in [2.45, 2.75) is 70.4 Å². The molecule has 1 saturated carbocycles. The van der Waals surface area contributed by atoms with Gasteiger partial charge in [-0.25, -0.2) is 0 Å². The Bertz CT molecular complexity index is 1050. The number of nitrogens with one attached hydrogen (secondary N) is 2. The summed E-state index contributed by atoms with van der Waals surface area (Å²) in [4.78, 5) is 27.6. The van der Waals surface area contributed by atoms with Gasteiger partial charge in [-0.1, -0.05) is 56.2 Å². The third-order valence-corrected chi connectivity index (χ3v) is 7.13. The molecule has 6 heteroatoms. The molecule has 0 spiro atoms. The first-order valence-electron chi connectivity index (χ1n) is 13.4. The molecular weight excluding hydrogens is 450 g/mol. The maximum absolute atomic E-state index is 13.4. The van der Waals surface area contributed by atoms with E-state index in [0.29, 0.717) is 50.0 Å². The van der Waals surface area contributed by atoms with E-state index >= 15 is 0 Å². The van der Waals surface area contributed by atoms with Crippen molar-refractivity contribution in [2.24, 2.45) is 0 Å². The predicted molar refractivity (Wildman–Crippen MR) is 145 cm³/mol. The number of hydrogen-bond donors (Lipinski definition) is 2. The SMILES string of the molecule is C=C(N[C@@H](Cc1ccccc1)C(=O)CNC1CCCCC1)c1cc(OCC)cc(N2CCCC2=O)c1. The lowest BCUT2D eigenvalue weighted by Crippen LogP contribution is -2.44. The largest absolute Gasteiger partial charge is 0.494 e. The number of Topliss-reactive ketones (excluding diaryl/α,β-unsaturated/α-hetero) is 1. The van der Waals surface area contributed by atoms with Crippen LogP contribution in [0.2, 0.25) is 0 Å². The fourth-order valence-corrected chi connectivity index (χ4v) is 5.15. The Balaban J connectivity index is 1.52. The Hall–Kier alpha value is -3.12. The standard InChI is InChI=1S/C30H39N3O3/c1-3-36-27-19-24(18-26(20-27)33-16-10-15-30(33)35)22(2)32-28(17-23-11-6-4-7-12-23)29(34)21-31-25-13-8-5-9-14-25/h4,6-7,11-12,18-20,25,28,31-32H,2-3,5,8-10,13-17,21H2,1H3/t28-/m0/s1. The molecule has 2 fully saturated rings. The summed E-state index contributed by atoms with van der Waals surface area (Å²) in [6.07, 6.45) is 8.02. The number of nitrogens with zero attached hydrogens (tertiary/aromatic N) is 1. The zero-order valence-electron chi connectivity index (χ0n) is 21.4. The molecule has 192 valence electrons. The Morgan fingerprint density at radius 3 is 2.58 bits per heavy atom. The van der Waals surface area contributed by atoms with Gasteiger partial charge in [0, 0.05) is 42.0 Å². The Labute approximate surface area is 215 Å². The van der Waals surface area contributed by atoms with Crippen molar-refractivity contribution in [2.75, 3.05) is 24.6 Å². The zero-order chi connectivity index (χ0) is 25.3. The quantitative estimate of drug-likeness (QED) is 0.445. The molecule has 1 amide bonds. The third kappa shape index (κ3) is 6.97. The van der Waals surface area contributed by atoms with Crippen molar-refractivity contribution < 1.29 is 14.3 Å². The average molecular weight is 490 g/mol. The van der Waals surface area contributed by atoms with Crippen LogP contribution in [0.3, 0.4) is 0 Å². The Morgan fingerprint density at radius 2 is 1.89 bits per heavy atom. The smallest absolute Gasteiger partial charge is 0.227 e. The normalized spacial score (nSPS) is 17.1. The van der Waals surface area contributed by atoms with Crippen LogP contribution in [0.15, 0.2) is 55.1 Å². The molecule has 1 aliphatic carbocycles. The molecule has 36 heavy (non-hydrogen) atoms. The van der Waals surface area contributed by atoms with Gasteiger partial charge in [-0.3, -0.25) is 9.59 Å². The van der Waals surface area contributed by atoms with Gasteiger partial charge in [-0.05, 0) is 50.3 Å². The van der Waals surface area contributed by atoms with Crippen molar-refractivity contribution in [1.82, 2.24) is 10.6 Å². The van der Waals surface area contributed by atoms with Gasteiger partial charge in [-0.2, -0.15) is 0 Å². The van der Waals surface area contributed by atoms with Gasteiger partial charge in [0.05, 0.1) is 19.2 Å². The Morgan fingerprint density at radius 1 is 1.11 bits per heavy atom. The summed E-state index contributed by atoms with van der Waals surface area (Å²) >= 11 is 0. The van der Waals surface area contributed by atoms with E-state index in [1.807, 2.05) is 55.5 Å².